The average molecular weight is 326 g/mol. The number of thiophene rings is 1. The van der Waals surface area contributed by atoms with E-state index in [1.807, 2.05) is 13.1 Å². The molecule has 4 nitrogen and oxygen atoms in total. The molecule has 0 aliphatic heterocycles. The summed E-state index contributed by atoms with van der Waals surface area (Å²) in [6, 6.07) is 3.92. The number of fused-ring (bicyclic) bond motifs is 5. The predicted octanol–water partition coefficient (Wildman–Crippen LogP) is 1.83. The molecule has 0 amide bonds. The van der Waals surface area contributed by atoms with E-state index in [9.17, 15) is 8.42 Å². The molecule has 0 spiro atoms. The standard InChI is InChI=1S/C15H22N2O2S2/c1-16-7-6-11-4-5-12(20-11)21(18,19)17-15-13-9-2-3-10(8-9)14(13)15/h4-5,9-10,13-17H,2-3,6-8H2,1H3. The zero-order valence-electron chi connectivity index (χ0n) is 12.2. The molecule has 6 heteroatoms. The van der Waals surface area contributed by atoms with Gasteiger partial charge in [-0.1, -0.05) is 0 Å². The lowest BCUT2D eigenvalue weighted by molar-refractivity contribution is 0.456. The second-order valence-electron chi connectivity index (χ2n) is 6.71. The molecule has 3 aliphatic carbocycles. The minimum absolute atomic E-state index is 0.226. The molecule has 0 aromatic carbocycles. The highest BCUT2D eigenvalue weighted by Crippen LogP contribution is 2.65. The fraction of sp³-hybridized carbons (Fsp3) is 0.733. The van der Waals surface area contributed by atoms with Gasteiger partial charge in [0.2, 0.25) is 10.0 Å². The summed E-state index contributed by atoms with van der Waals surface area (Å²) in [5.74, 6) is 2.87. The molecular weight excluding hydrogens is 304 g/mol. The van der Waals surface area contributed by atoms with Gasteiger partial charge >= 0.3 is 0 Å². The Morgan fingerprint density at radius 3 is 2.62 bits per heavy atom. The van der Waals surface area contributed by atoms with Crippen molar-refractivity contribution in [1.82, 2.24) is 10.0 Å². The number of sulfonamides is 1. The van der Waals surface area contributed by atoms with Gasteiger partial charge in [0.25, 0.3) is 0 Å². The molecule has 0 radical (unpaired) electrons. The van der Waals surface area contributed by atoms with E-state index in [0.717, 1.165) is 29.7 Å². The Balaban J connectivity index is 1.44. The Kier molecular flexibility index (Phi) is 3.41. The van der Waals surface area contributed by atoms with Crippen molar-refractivity contribution in [3.63, 3.8) is 0 Å². The minimum atomic E-state index is -3.31. The van der Waals surface area contributed by atoms with Crippen LogP contribution in [-0.2, 0) is 16.4 Å². The highest BCUT2D eigenvalue weighted by molar-refractivity contribution is 7.91. The van der Waals surface area contributed by atoms with Gasteiger partial charge in [-0.05, 0) is 75.1 Å². The topological polar surface area (TPSA) is 58.2 Å². The molecule has 2 N–H and O–H groups in total. The first-order valence-electron chi connectivity index (χ1n) is 7.86. The van der Waals surface area contributed by atoms with E-state index in [1.54, 1.807) is 6.07 Å². The van der Waals surface area contributed by atoms with E-state index in [2.05, 4.69) is 10.0 Å². The van der Waals surface area contributed by atoms with Crippen LogP contribution in [0.15, 0.2) is 16.3 Å². The lowest BCUT2D eigenvalue weighted by Crippen LogP contribution is -2.29. The molecule has 1 aromatic heterocycles. The molecule has 4 unspecified atom stereocenters. The van der Waals surface area contributed by atoms with Crippen LogP contribution in [0.3, 0.4) is 0 Å². The number of hydrogen-bond acceptors (Lipinski definition) is 4. The number of rotatable bonds is 6. The number of hydrogen-bond donors (Lipinski definition) is 2. The summed E-state index contributed by atoms with van der Waals surface area (Å²) >= 11 is 1.40. The van der Waals surface area contributed by atoms with E-state index in [0.29, 0.717) is 16.0 Å². The summed E-state index contributed by atoms with van der Waals surface area (Å²) in [5.41, 5.74) is 0. The van der Waals surface area contributed by atoms with Gasteiger partial charge in [0.15, 0.2) is 0 Å². The van der Waals surface area contributed by atoms with Gasteiger partial charge in [0.05, 0.1) is 0 Å². The lowest BCUT2D eigenvalue weighted by atomic mass is 10.0. The smallest absolute Gasteiger partial charge is 0.250 e. The quantitative estimate of drug-likeness (QED) is 0.838. The second-order valence-corrected chi connectivity index (χ2v) is 9.82. The van der Waals surface area contributed by atoms with Crippen molar-refractivity contribution >= 4 is 21.4 Å². The van der Waals surface area contributed by atoms with Crippen LogP contribution in [0.1, 0.15) is 24.1 Å². The van der Waals surface area contributed by atoms with Gasteiger partial charge < -0.3 is 5.32 Å². The fourth-order valence-electron chi connectivity index (χ4n) is 4.61. The van der Waals surface area contributed by atoms with Crippen molar-refractivity contribution in [2.45, 2.75) is 35.9 Å². The van der Waals surface area contributed by atoms with E-state index >= 15 is 0 Å². The van der Waals surface area contributed by atoms with Crippen LogP contribution in [-0.4, -0.2) is 28.1 Å². The summed E-state index contributed by atoms with van der Waals surface area (Å²) < 4.78 is 28.5. The van der Waals surface area contributed by atoms with Crippen molar-refractivity contribution in [1.29, 1.82) is 0 Å². The third-order valence-corrected chi connectivity index (χ3v) is 8.65. The molecule has 3 fully saturated rings. The van der Waals surface area contributed by atoms with Crippen LogP contribution < -0.4 is 10.0 Å². The molecular formula is C15H22N2O2S2. The maximum atomic E-state index is 12.5. The van der Waals surface area contributed by atoms with E-state index in [-0.39, 0.29) is 6.04 Å². The first-order valence-corrected chi connectivity index (χ1v) is 10.2. The molecule has 2 bridgehead atoms. The largest absolute Gasteiger partial charge is 0.319 e. The van der Waals surface area contributed by atoms with Gasteiger partial charge in [-0.2, -0.15) is 0 Å². The molecule has 1 heterocycles. The van der Waals surface area contributed by atoms with Crippen LogP contribution in [0.2, 0.25) is 0 Å². The van der Waals surface area contributed by atoms with Crippen LogP contribution in [0.25, 0.3) is 0 Å². The van der Waals surface area contributed by atoms with Crippen LogP contribution in [0, 0.1) is 23.7 Å². The third kappa shape index (κ3) is 2.36. The summed E-state index contributed by atoms with van der Waals surface area (Å²) in [7, 11) is -1.40. The van der Waals surface area contributed by atoms with Gasteiger partial charge in [-0.25, -0.2) is 13.1 Å². The van der Waals surface area contributed by atoms with Crippen molar-refractivity contribution in [2.24, 2.45) is 23.7 Å². The Bertz CT molecular complexity index is 624. The molecule has 1 aromatic rings. The van der Waals surface area contributed by atoms with Crippen molar-refractivity contribution < 1.29 is 8.42 Å². The lowest BCUT2D eigenvalue weighted by Gasteiger charge is -2.10. The molecule has 116 valence electrons. The maximum Gasteiger partial charge on any atom is 0.250 e. The highest BCUT2D eigenvalue weighted by Gasteiger charge is 2.65. The second kappa shape index (κ2) is 5.05. The first kappa shape index (κ1) is 14.2. The highest BCUT2D eigenvalue weighted by atomic mass is 32.2. The Morgan fingerprint density at radius 2 is 1.95 bits per heavy atom. The first-order chi connectivity index (χ1) is 10.1. The number of likely N-dealkylation sites (N-methyl/N-ethyl adjacent to an activating group) is 1. The summed E-state index contributed by atoms with van der Waals surface area (Å²) in [4.78, 5) is 1.13. The van der Waals surface area contributed by atoms with Crippen LogP contribution in [0.4, 0.5) is 0 Å². The monoisotopic (exact) mass is 326 g/mol. The summed E-state index contributed by atoms with van der Waals surface area (Å²) in [5, 5.41) is 3.09. The normalized spacial score (nSPS) is 36.9. The zero-order chi connectivity index (χ0) is 14.6. The fourth-order valence-corrected chi connectivity index (χ4v) is 7.28. The molecule has 4 rings (SSSR count). The van der Waals surface area contributed by atoms with Crippen molar-refractivity contribution in [3.05, 3.63) is 17.0 Å². The van der Waals surface area contributed by atoms with E-state index < -0.39 is 10.0 Å². The zero-order valence-corrected chi connectivity index (χ0v) is 13.8. The summed E-state index contributed by atoms with van der Waals surface area (Å²) in [6.07, 6.45) is 4.87. The van der Waals surface area contributed by atoms with Crippen molar-refractivity contribution in [3.8, 4) is 0 Å². The minimum Gasteiger partial charge on any atom is -0.319 e. The Labute approximate surface area is 130 Å². The maximum absolute atomic E-state index is 12.5. The number of nitrogens with one attached hydrogen (secondary N) is 2. The predicted molar refractivity (Wildman–Crippen MR) is 83.9 cm³/mol. The SMILES string of the molecule is CNCCc1ccc(S(=O)(=O)NC2C3C4CCC(C4)C23)s1. The van der Waals surface area contributed by atoms with E-state index in [1.165, 1.54) is 30.6 Å². The average Bonchev–Trinajstić information content (AvgIpc) is 2.92. The van der Waals surface area contributed by atoms with Crippen LogP contribution in [0.5, 0.6) is 0 Å². The Hall–Kier alpha value is -0.430. The van der Waals surface area contributed by atoms with Gasteiger partial charge in [-0.15, -0.1) is 11.3 Å². The Morgan fingerprint density at radius 1 is 1.24 bits per heavy atom. The molecule has 21 heavy (non-hydrogen) atoms. The molecule has 3 saturated carbocycles. The van der Waals surface area contributed by atoms with Crippen LogP contribution >= 0.6 is 11.3 Å². The van der Waals surface area contributed by atoms with E-state index in [4.69, 9.17) is 0 Å². The molecule has 4 atom stereocenters. The third-order valence-electron chi connectivity index (χ3n) is 5.55. The molecule has 0 saturated heterocycles. The van der Waals surface area contributed by atoms with Gasteiger partial charge in [-0.3, -0.25) is 0 Å². The summed E-state index contributed by atoms with van der Waals surface area (Å²) in [6.45, 7) is 0.879. The van der Waals surface area contributed by atoms with Gasteiger partial charge in [0.1, 0.15) is 4.21 Å². The molecule has 3 aliphatic rings. The van der Waals surface area contributed by atoms with Crippen molar-refractivity contribution in [2.75, 3.05) is 13.6 Å². The van der Waals surface area contributed by atoms with Gasteiger partial charge in [0, 0.05) is 10.9 Å².